The number of likely N-dealkylation sites (N-methyl/N-ethyl adjacent to an activating group) is 1. The number of ether oxygens (including phenoxy) is 1. The number of hydrogen-bond donors (Lipinski definition) is 0. The molecule has 2 heterocycles. The second-order valence-electron chi connectivity index (χ2n) is 8.04. The first-order chi connectivity index (χ1) is 13.9. The molecule has 2 aromatic rings. The third-order valence-electron chi connectivity index (χ3n) is 6.11. The molecule has 0 saturated carbocycles. The Morgan fingerprint density at radius 3 is 2.45 bits per heavy atom. The fraction of sp³-hybridized carbons (Fsp3) is 0.391. The predicted molar refractivity (Wildman–Crippen MR) is 115 cm³/mol. The van der Waals surface area contributed by atoms with E-state index in [2.05, 4.69) is 79.2 Å². The molecule has 2 atom stereocenters. The zero-order valence-corrected chi connectivity index (χ0v) is 17.5. The number of rotatable bonds is 3. The molecule has 1 saturated heterocycles. The van der Waals surface area contributed by atoms with Crippen LogP contribution in [-0.4, -0.2) is 54.5 Å². The standard InChI is InChI=1S/C23H28N4O2/c1-17-10-12-19(13-11-17)27-23(2)16-20(18-8-6-5-7-9-18)25(3)14-15-26(23)21(24-27)22(28)29-4/h5-13,20H,14-16H2,1-4H3/t20?,23-/m0/s1. The van der Waals surface area contributed by atoms with Crippen LogP contribution in [0.3, 0.4) is 0 Å². The van der Waals surface area contributed by atoms with Crippen LogP contribution in [0.15, 0.2) is 59.7 Å². The fourth-order valence-corrected chi connectivity index (χ4v) is 4.39. The van der Waals surface area contributed by atoms with Crippen LogP contribution in [0.4, 0.5) is 5.69 Å². The second-order valence-corrected chi connectivity index (χ2v) is 8.04. The van der Waals surface area contributed by atoms with Gasteiger partial charge in [0.1, 0.15) is 5.66 Å². The Labute approximate surface area is 172 Å². The monoisotopic (exact) mass is 392 g/mol. The molecule has 4 rings (SSSR count). The lowest BCUT2D eigenvalue weighted by Crippen LogP contribution is -2.55. The Morgan fingerprint density at radius 1 is 1.10 bits per heavy atom. The average molecular weight is 393 g/mol. The van der Waals surface area contributed by atoms with Gasteiger partial charge < -0.3 is 9.64 Å². The van der Waals surface area contributed by atoms with Gasteiger partial charge in [0, 0.05) is 25.6 Å². The molecule has 0 aliphatic carbocycles. The third kappa shape index (κ3) is 3.38. The maximum absolute atomic E-state index is 12.6. The molecule has 0 amide bonds. The summed E-state index contributed by atoms with van der Waals surface area (Å²) in [5.41, 5.74) is 2.95. The van der Waals surface area contributed by atoms with E-state index in [-0.39, 0.29) is 6.04 Å². The first-order valence-electron chi connectivity index (χ1n) is 10.0. The normalized spacial score (nSPS) is 24.7. The minimum atomic E-state index is -0.482. The summed E-state index contributed by atoms with van der Waals surface area (Å²) in [6.07, 6.45) is 0.797. The molecule has 152 valence electrons. The smallest absolute Gasteiger partial charge is 0.375 e. The van der Waals surface area contributed by atoms with E-state index in [9.17, 15) is 4.79 Å². The van der Waals surface area contributed by atoms with Crippen molar-refractivity contribution < 1.29 is 9.53 Å². The van der Waals surface area contributed by atoms with Crippen LogP contribution in [0, 0.1) is 6.92 Å². The molecular formula is C23H28N4O2. The number of methoxy groups -OCH3 is 1. The Morgan fingerprint density at radius 2 is 1.79 bits per heavy atom. The van der Waals surface area contributed by atoms with Gasteiger partial charge in [0.15, 0.2) is 0 Å². The Hall–Kier alpha value is -2.86. The Kier molecular flexibility index (Phi) is 5.04. The lowest BCUT2D eigenvalue weighted by atomic mass is 9.94. The number of nitrogens with zero attached hydrogens (tertiary/aromatic N) is 4. The van der Waals surface area contributed by atoms with Gasteiger partial charge in [-0.2, -0.15) is 0 Å². The fourth-order valence-electron chi connectivity index (χ4n) is 4.39. The molecule has 6 heteroatoms. The van der Waals surface area contributed by atoms with E-state index in [1.807, 2.05) is 11.1 Å². The maximum atomic E-state index is 12.6. The van der Waals surface area contributed by atoms with Gasteiger partial charge in [0.25, 0.3) is 0 Å². The molecule has 0 N–H and O–H groups in total. The van der Waals surface area contributed by atoms with Crippen molar-refractivity contribution >= 4 is 17.5 Å². The lowest BCUT2D eigenvalue weighted by Gasteiger charge is -2.41. The molecule has 2 aromatic carbocycles. The molecule has 0 radical (unpaired) electrons. The highest BCUT2D eigenvalue weighted by atomic mass is 16.5. The van der Waals surface area contributed by atoms with Crippen LogP contribution in [-0.2, 0) is 9.53 Å². The molecule has 0 bridgehead atoms. The molecule has 29 heavy (non-hydrogen) atoms. The predicted octanol–water partition coefficient (Wildman–Crippen LogP) is 3.40. The first kappa shape index (κ1) is 19.5. The second kappa shape index (κ2) is 7.52. The van der Waals surface area contributed by atoms with Crippen LogP contribution < -0.4 is 5.01 Å². The van der Waals surface area contributed by atoms with Crippen molar-refractivity contribution in [3.05, 3.63) is 65.7 Å². The molecular weight excluding hydrogens is 364 g/mol. The number of hydrogen-bond acceptors (Lipinski definition) is 6. The van der Waals surface area contributed by atoms with Crippen molar-refractivity contribution in [2.24, 2.45) is 5.10 Å². The summed E-state index contributed by atoms with van der Waals surface area (Å²) in [6, 6.07) is 19.0. The number of fused-ring (bicyclic) bond motifs is 1. The molecule has 6 nitrogen and oxygen atoms in total. The molecule has 1 fully saturated rings. The Balaban J connectivity index is 1.79. The summed E-state index contributed by atoms with van der Waals surface area (Å²) in [5.74, 6) is -0.0238. The summed E-state index contributed by atoms with van der Waals surface area (Å²) in [4.78, 5) is 17.0. The zero-order valence-electron chi connectivity index (χ0n) is 17.5. The molecule has 2 aliphatic rings. The van der Waals surface area contributed by atoms with Crippen LogP contribution in [0.5, 0.6) is 0 Å². The van der Waals surface area contributed by atoms with Gasteiger partial charge in [-0.1, -0.05) is 48.0 Å². The van der Waals surface area contributed by atoms with Crippen LogP contribution >= 0.6 is 0 Å². The molecule has 2 aliphatic heterocycles. The number of amidine groups is 1. The largest absolute Gasteiger partial charge is 0.463 e. The van der Waals surface area contributed by atoms with Crippen molar-refractivity contribution in [1.82, 2.24) is 9.80 Å². The number of aryl methyl sites for hydroxylation is 1. The quantitative estimate of drug-likeness (QED) is 0.750. The summed E-state index contributed by atoms with van der Waals surface area (Å²) in [6.45, 7) is 5.76. The van der Waals surface area contributed by atoms with Gasteiger partial charge in [0.05, 0.1) is 12.8 Å². The van der Waals surface area contributed by atoms with E-state index >= 15 is 0 Å². The van der Waals surface area contributed by atoms with Gasteiger partial charge in [-0.3, -0.25) is 4.90 Å². The van der Waals surface area contributed by atoms with E-state index in [0.717, 1.165) is 18.7 Å². The van der Waals surface area contributed by atoms with E-state index in [0.29, 0.717) is 12.4 Å². The van der Waals surface area contributed by atoms with Crippen molar-refractivity contribution in [2.45, 2.75) is 32.0 Å². The lowest BCUT2D eigenvalue weighted by molar-refractivity contribution is -0.133. The summed E-state index contributed by atoms with van der Waals surface area (Å²) in [7, 11) is 3.56. The maximum Gasteiger partial charge on any atom is 0.375 e. The SMILES string of the molecule is COC(=O)C1=NN(c2ccc(C)cc2)[C@@]2(C)CC(c3ccccc3)N(C)CCN12. The zero-order chi connectivity index (χ0) is 20.6. The number of carbonyl (C=O) groups excluding carboxylic acids is 1. The van der Waals surface area contributed by atoms with E-state index in [1.54, 1.807) is 0 Å². The minimum Gasteiger partial charge on any atom is -0.463 e. The van der Waals surface area contributed by atoms with Gasteiger partial charge in [-0.15, -0.1) is 5.10 Å². The number of anilines is 1. The van der Waals surface area contributed by atoms with Crippen LogP contribution in [0.2, 0.25) is 0 Å². The van der Waals surface area contributed by atoms with Gasteiger partial charge in [-0.25, -0.2) is 9.80 Å². The third-order valence-corrected chi connectivity index (χ3v) is 6.11. The number of benzene rings is 2. The summed E-state index contributed by atoms with van der Waals surface area (Å²) in [5, 5.41) is 6.75. The first-order valence-corrected chi connectivity index (χ1v) is 10.0. The van der Waals surface area contributed by atoms with Crippen molar-refractivity contribution in [1.29, 1.82) is 0 Å². The highest BCUT2D eigenvalue weighted by Gasteiger charge is 2.51. The van der Waals surface area contributed by atoms with E-state index in [4.69, 9.17) is 9.84 Å². The van der Waals surface area contributed by atoms with Gasteiger partial charge in [0.2, 0.25) is 5.84 Å². The van der Waals surface area contributed by atoms with Crippen molar-refractivity contribution in [2.75, 3.05) is 32.3 Å². The molecule has 1 unspecified atom stereocenters. The van der Waals surface area contributed by atoms with E-state index in [1.165, 1.54) is 18.2 Å². The Bertz CT molecular complexity index is 912. The highest BCUT2D eigenvalue weighted by molar-refractivity contribution is 6.36. The summed E-state index contributed by atoms with van der Waals surface area (Å²) < 4.78 is 5.06. The summed E-state index contributed by atoms with van der Waals surface area (Å²) >= 11 is 0. The average Bonchev–Trinajstić information content (AvgIpc) is 2.95. The highest BCUT2D eigenvalue weighted by Crippen LogP contribution is 2.42. The number of hydrazone groups is 1. The number of carbonyl (C=O) groups is 1. The number of esters is 1. The van der Waals surface area contributed by atoms with E-state index < -0.39 is 11.6 Å². The molecule has 0 aromatic heterocycles. The van der Waals surface area contributed by atoms with Crippen molar-refractivity contribution in [3.8, 4) is 0 Å². The molecule has 0 spiro atoms. The van der Waals surface area contributed by atoms with Crippen molar-refractivity contribution in [3.63, 3.8) is 0 Å². The van der Waals surface area contributed by atoms with Gasteiger partial charge >= 0.3 is 5.97 Å². The topological polar surface area (TPSA) is 48.4 Å². The van der Waals surface area contributed by atoms with Crippen LogP contribution in [0.25, 0.3) is 0 Å². The van der Waals surface area contributed by atoms with Gasteiger partial charge in [-0.05, 0) is 38.6 Å². The van der Waals surface area contributed by atoms with Crippen LogP contribution in [0.1, 0.15) is 30.5 Å². The minimum absolute atomic E-state index is 0.214.